The van der Waals surface area contributed by atoms with Gasteiger partial charge in [-0.05, 0) is 17.7 Å². The molecule has 3 rings (SSSR count). The number of urea groups is 1. The molecule has 0 spiro atoms. The number of hydrogen-bond acceptors (Lipinski definition) is 3. The van der Waals surface area contributed by atoms with Crippen molar-refractivity contribution in [2.75, 3.05) is 6.54 Å². The third kappa shape index (κ3) is 4.41. The van der Waals surface area contributed by atoms with Crippen LogP contribution >= 0.6 is 23.2 Å². The molecule has 13 heteroatoms. The van der Waals surface area contributed by atoms with Gasteiger partial charge in [-0.15, -0.1) is 0 Å². The zero-order valence-corrected chi connectivity index (χ0v) is 16.1. The van der Waals surface area contributed by atoms with Gasteiger partial charge in [0.2, 0.25) is 5.91 Å². The SMILES string of the molecule is O=C1NC[C@@H](C(=O)N[C@H](c2cnc(C(F)(F)F)c(Cl)c2)c2ccc(F)c(Cl)c2F)N1. The van der Waals surface area contributed by atoms with Crippen LogP contribution in [0.25, 0.3) is 0 Å². The zero-order chi connectivity index (χ0) is 22.2. The van der Waals surface area contributed by atoms with Gasteiger partial charge in [0.25, 0.3) is 0 Å². The maximum Gasteiger partial charge on any atom is 0.434 e. The summed E-state index contributed by atoms with van der Waals surface area (Å²) in [5, 5.41) is 5.39. The number of halogens is 7. The Morgan fingerprint density at radius 2 is 1.97 bits per heavy atom. The second-order valence-electron chi connectivity index (χ2n) is 6.21. The molecule has 1 saturated heterocycles. The Balaban J connectivity index is 2.04. The number of rotatable bonds is 4. The van der Waals surface area contributed by atoms with Crippen molar-refractivity contribution in [2.24, 2.45) is 0 Å². The van der Waals surface area contributed by atoms with Crippen LogP contribution in [0.2, 0.25) is 10.0 Å². The van der Waals surface area contributed by atoms with Crippen LogP contribution in [0, 0.1) is 11.6 Å². The van der Waals surface area contributed by atoms with Crippen LogP contribution in [0.1, 0.15) is 22.9 Å². The molecule has 2 heterocycles. The van der Waals surface area contributed by atoms with Gasteiger partial charge in [-0.1, -0.05) is 29.3 Å². The van der Waals surface area contributed by atoms with E-state index in [4.69, 9.17) is 23.2 Å². The number of nitrogens with one attached hydrogen (secondary N) is 3. The number of amides is 3. The molecule has 0 saturated carbocycles. The predicted molar refractivity (Wildman–Crippen MR) is 95.9 cm³/mol. The Hall–Kier alpha value is -2.66. The fourth-order valence-corrected chi connectivity index (χ4v) is 3.23. The molecule has 2 atom stereocenters. The monoisotopic (exact) mass is 468 g/mol. The lowest BCUT2D eigenvalue weighted by Crippen LogP contribution is -2.44. The fraction of sp³-hybridized carbons (Fsp3) is 0.235. The molecule has 0 bridgehead atoms. The van der Waals surface area contributed by atoms with E-state index in [1.807, 2.05) is 0 Å². The molecule has 1 aliphatic heterocycles. The maximum atomic E-state index is 14.6. The number of nitrogens with zero attached hydrogens (tertiary/aromatic N) is 1. The van der Waals surface area contributed by atoms with Crippen molar-refractivity contribution in [2.45, 2.75) is 18.3 Å². The quantitative estimate of drug-likeness (QED) is 0.473. The maximum absolute atomic E-state index is 14.6. The van der Waals surface area contributed by atoms with Crippen molar-refractivity contribution in [1.82, 2.24) is 20.9 Å². The summed E-state index contributed by atoms with van der Waals surface area (Å²) in [7, 11) is 0. The Bertz CT molecular complexity index is 1020. The van der Waals surface area contributed by atoms with Crippen molar-refractivity contribution in [3.05, 3.63) is 62.9 Å². The zero-order valence-electron chi connectivity index (χ0n) is 14.6. The molecule has 0 unspecified atom stereocenters. The van der Waals surface area contributed by atoms with Crippen LogP contribution < -0.4 is 16.0 Å². The molecular weight excluding hydrogens is 458 g/mol. The molecule has 1 aliphatic rings. The highest BCUT2D eigenvalue weighted by Crippen LogP contribution is 2.36. The molecule has 2 aromatic rings. The summed E-state index contributed by atoms with van der Waals surface area (Å²) in [5.41, 5.74) is -1.84. The first-order valence-electron chi connectivity index (χ1n) is 8.19. The summed E-state index contributed by atoms with van der Waals surface area (Å²) in [6.07, 6.45) is -4.08. The van der Waals surface area contributed by atoms with E-state index in [0.717, 1.165) is 24.4 Å². The van der Waals surface area contributed by atoms with E-state index in [1.54, 1.807) is 0 Å². The normalized spacial score (nSPS) is 17.3. The summed E-state index contributed by atoms with van der Waals surface area (Å²) in [6.45, 7) is -0.0734. The number of alkyl halides is 3. The average molecular weight is 469 g/mol. The van der Waals surface area contributed by atoms with E-state index in [0.29, 0.717) is 0 Å². The summed E-state index contributed by atoms with van der Waals surface area (Å²) in [4.78, 5) is 27.0. The molecule has 30 heavy (non-hydrogen) atoms. The summed E-state index contributed by atoms with van der Waals surface area (Å²) in [6, 6.07) is -0.416. The first-order chi connectivity index (χ1) is 14.0. The Morgan fingerprint density at radius 3 is 2.53 bits per heavy atom. The molecule has 1 aromatic heterocycles. The highest BCUT2D eigenvalue weighted by atomic mass is 35.5. The minimum atomic E-state index is -4.83. The smallest absolute Gasteiger partial charge is 0.343 e. The van der Waals surface area contributed by atoms with Gasteiger partial charge in [-0.25, -0.2) is 18.6 Å². The number of hydrogen-bond donors (Lipinski definition) is 3. The minimum absolute atomic E-state index is 0.0734. The minimum Gasteiger partial charge on any atom is -0.343 e. The van der Waals surface area contributed by atoms with Crippen LogP contribution in [0.15, 0.2) is 24.4 Å². The lowest BCUT2D eigenvalue weighted by Gasteiger charge is -2.23. The Morgan fingerprint density at radius 1 is 1.27 bits per heavy atom. The Labute approximate surface area is 175 Å². The molecule has 1 aromatic carbocycles. The van der Waals surface area contributed by atoms with Crippen molar-refractivity contribution in [3.63, 3.8) is 0 Å². The highest BCUT2D eigenvalue weighted by Gasteiger charge is 2.36. The molecular formula is C17H11Cl2F5N4O2. The third-order valence-electron chi connectivity index (χ3n) is 4.22. The van der Waals surface area contributed by atoms with Crippen molar-refractivity contribution >= 4 is 35.1 Å². The standard InChI is InChI=1S/C17H11Cl2F5N4O2/c18-8-3-6(4-25-14(8)17(22,23)24)13(7-1-2-9(20)11(19)12(7)21)28-15(29)10-5-26-16(30)27-10/h1-4,10,13H,5H2,(H,28,29)(H2,26,27,30)/t10-,13+/m0/s1. The number of aromatic nitrogens is 1. The largest absolute Gasteiger partial charge is 0.434 e. The van der Waals surface area contributed by atoms with Crippen LogP contribution in [0.3, 0.4) is 0 Å². The topological polar surface area (TPSA) is 83.1 Å². The van der Waals surface area contributed by atoms with Gasteiger partial charge in [-0.2, -0.15) is 13.2 Å². The van der Waals surface area contributed by atoms with Crippen LogP contribution in [-0.2, 0) is 11.0 Å². The first-order valence-corrected chi connectivity index (χ1v) is 8.95. The van der Waals surface area contributed by atoms with Crippen molar-refractivity contribution in [3.8, 4) is 0 Å². The number of carbonyl (C=O) groups excluding carboxylic acids is 2. The van der Waals surface area contributed by atoms with Gasteiger partial charge < -0.3 is 16.0 Å². The van der Waals surface area contributed by atoms with E-state index in [-0.39, 0.29) is 17.7 Å². The first kappa shape index (κ1) is 22.0. The Kier molecular flexibility index (Phi) is 6.04. The molecule has 1 fully saturated rings. The van der Waals surface area contributed by atoms with Gasteiger partial charge in [0.1, 0.15) is 22.7 Å². The summed E-state index contributed by atoms with van der Waals surface area (Å²) < 4.78 is 67.0. The second-order valence-corrected chi connectivity index (χ2v) is 7.00. The van der Waals surface area contributed by atoms with Crippen molar-refractivity contribution < 1.29 is 31.5 Å². The van der Waals surface area contributed by atoms with E-state index >= 15 is 0 Å². The average Bonchev–Trinajstić information content (AvgIpc) is 3.10. The molecule has 160 valence electrons. The van der Waals surface area contributed by atoms with Gasteiger partial charge >= 0.3 is 12.2 Å². The van der Waals surface area contributed by atoms with Gasteiger partial charge in [0, 0.05) is 18.3 Å². The summed E-state index contributed by atoms with van der Waals surface area (Å²) >= 11 is 11.3. The highest BCUT2D eigenvalue weighted by molar-refractivity contribution is 6.31. The summed E-state index contributed by atoms with van der Waals surface area (Å²) in [5.74, 6) is -3.08. The third-order valence-corrected chi connectivity index (χ3v) is 4.85. The van der Waals surface area contributed by atoms with Crippen LogP contribution in [-0.4, -0.2) is 29.5 Å². The lowest BCUT2D eigenvalue weighted by molar-refractivity contribution is -0.141. The molecule has 3 N–H and O–H groups in total. The van der Waals surface area contributed by atoms with Crippen LogP contribution in [0.4, 0.5) is 26.7 Å². The van der Waals surface area contributed by atoms with Gasteiger partial charge in [0.05, 0.1) is 11.1 Å². The predicted octanol–water partition coefficient (Wildman–Crippen LogP) is 3.57. The molecule has 0 radical (unpaired) electrons. The fourth-order valence-electron chi connectivity index (χ4n) is 2.78. The van der Waals surface area contributed by atoms with E-state index < -0.39 is 57.6 Å². The van der Waals surface area contributed by atoms with E-state index in [2.05, 4.69) is 20.9 Å². The molecule has 6 nitrogen and oxygen atoms in total. The van der Waals surface area contributed by atoms with E-state index in [9.17, 15) is 31.5 Å². The van der Waals surface area contributed by atoms with Crippen molar-refractivity contribution in [1.29, 1.82) is 0 Å². The van der Waals surface area contributed by atoms with Gasteiger partial charge in [0.15, 0.2) is 5.69 Å². The molecule has 3 amide bonds. The second kappa shape index (κ2) is 8.23. The number of pyridine rings is 1. The lowest BCUT2D eigenvalue weighted by atomic mass is 9.98. The van der Waals surface area contributed by atoms with Crippen LogP contribution in [0.5, 0.6) is 0 Å². The van der Waals surface area contributed by atoms with Gasteiger partial charge in [-0.3, -0.25) is 4.79 Å². The molecule has 0 aliphatic carbocycles. The number of benzene rings is 1. The number of carbonyl (C=O) groups is 2. The van der Waals surface area contributed by atoms with E-state index in [1.165, 1.54) is 0 Å².